The molecule has 3 amide bonds. The first kappa shape index (κ1) is 34.1. The summed E-state index contributed by atoms with van der Waals surface area (Å²) >= 11 is 0. The van der Waals surface area contributed by atoms with Crippen LogP contribution in [0.3, 0.4) is 0 Å². The van der Waals surface area contributed by atoms with Crippen LogP contribution in [0.5, 0.6) is 23.0 Å². The van der Waals surface area contributed by atoms with Gasteiger partial charge in [-0.25, -0.2) is 4.98 Å². The highest BCUT2D eigenvalue weighted by atomic mass is 16.5. The van der Waals surface area contributed by atoms with Crippen molar-refractivity contribution in [1.82, 2.24) is 20.1 Å². The summed E-state index contributed by atoms with van der Waals surface area (Å²) < 4.78 is 23.1. The lowest BCUT2D eigenvalue weighted by atomic mass is 9.97. The number of aromatic nitrogens is 1. The second kappa shape index (κ2) is 15.2. The van der Waals surface area contributed by atoms with Crippen molar-refractivity contribution in [3.8, 4) is 23.0 Å². The van der Waals surface area contributed by atoms with Gasteiger partial charge in [0.05, 0.1) is 33.5 Å². The summed E-state index contributed by atoms with van der Waals surface area (Å²) in [6, 6.07) is 9.51. The summed E-state index contributed by atoms with van der Waals surface area (Å²) in [5, 5.41) is 3.84. The minimum absolute atomic E-state index is 0.0590. The van der Waals surface area contributed by atoms with Gasteiger partial charge in [-0.1, -0.05) is 6.92 Å². The summed E-state index contributed by atoms with van der Waals surface area (Å²) in [7, 11) is 4.74. The smallest absolute Gasteiger partial charge is 0.254 e. The fraction of sp³-hybridized carbons (Fsp3) is 0.514. The number of carbonyl (C=O) groups excluding carboxylic acids is 3. The van der Waals surface area contributed by atoms with Gasteiger partial charge in [0.15, 0.2) is 11.5 Å². The van der Waals surface area contributed by atoms with Crippen molar-refractivity contribution in [2.45, 2.75) is 52.0 Å². The van der Waals surface area contributed by atoms with Crippen LogP contribution in [0.1, 0.15) is 60.5 Å². The molecule has 3 aromatic rings. The van der Waals surface area contributed by atoms with Gasteiger partial charge in [0, 0.05) is 81.2 Å². The molecule has 1 atom stereocenters. The van der Waals surface area contributed by atoms with Gasteiger partial charge < -0.3 is 39.0 Å². The molecule has 12 nitrogen and oxygen atoms in total. The number of ether oxygens (including phenoxy) is 4. The van der Waals surface area contributed by atoms with Crippen molar-refractivity contribution in [1.29, 1.82) is 0 Å². The van der Waals surface area contributed by atoms with Crippen molar-refractivity contribution in [3.63, 3.8) is 0 Å². The van der Waals surface area contributed by atoms with Crippen LogP contribution >= 0.6 is 0 Å². The number of nitrogens with one attached hydrogen (secondary N) is 1. The summed E-state index contributed by atoms with van der Waals surface area (Å²) in [5.74, 6) is 2.97. The normalized spacial score (nSPS) is 18.7. The first-order valence-electron chi connectivity index (χ1n) is 17.3. The van der Waals surface area contributed by atoms with Crippen LogP contribution in [0.2, 0.25) is 0 Å². The largest absolute Gasteiger partial charge is 0.493 e. The van der Waals surface area contributed by atoms with Gasteiger partial charge in [-0.3, -0.25) is 14.4 Å². The van der Waals surface area contributed by atoms with E-state index in [0.717, 1.165) is 60.3 Å². The molecule has 1 unspecified atom stereocenters. The molecule has 1 fully saturated rings. The van der Waals surface area contributed by atoms with Gasteiger partial charge in [0.25, 0.3) is 5.91 Å². The Morgan fingerprint density at radius 2 is 1.76 bits per heavy atom. The van der Waals surface area contributed by atoms with Crippen molar-refractivity contribution in [2.75, 3.05) is 72.1 Å². The van der Waals surface area contributed by atoms with E-state index in [0.29, 0.717) is 54.4 Å². The zero-order valence-corrected chi connectivity index (χ0v) is 29.0. The number of methoxy groups -OCH3 is 3. The quantitative estimate of drug-likeness (QED) is 0.425. The number of hydrogen-bond donors (Lipinski definition) is 1. The van der Waals surface area contributed by atoms with E-state index < -0.39 is 0 Å². The van der Waals surface area contributed by atoms with Crippen LogP contribution in [0.15, 0.2) is 30.3 Å². The zero-order valence-electron chi connectivity index (χ0n) is 29.0. The Balaban J connectivity index is 1.48. The van der Waals surface area contributed by atoms with Crippen LogP contribution in [-0.2, 0) is 22.6 Å². The Kier molecular flexibility index (Phi) is 10.6. The number of anilines is 1. The standard InChI is InChI=1S/C37H47N5O7/c1-5-33(44)40-14-12-32(43)38-21-24-8-6-13-41(22-24)36-27(19-28-29(39-36)20-31(46-2)35(48-4)34(28)47-3)23-42(16-15-40)37(45)26-10-11-30-25(18-26)9-7-17-49-30/h10-11,18-20,24H,5-9,12-17,21-23H2,1-4H3,(H,38,43). The van der Waals surface area contributed by atoms with Gasteiger partial charge in [-0.15, -0.1) is 0 Å². The Labute approximate surface area is 287 Å². The minimum Gasteiger partial charge on any atom is -0.493 e. The topological polar surface area (TPSA) is 123 Å². The average molecular weight is 674 g/mol. The van der Waals surface area contributed by atoms with Crippen molar-refractivity contribution >= 4 is 34.4 Å². The Morgan fingerprint density at radius 3 is 2.53 bits per heavy atom. The van der Waals surface area contributed by atoms with Crippen molar-refractivity contribution in [2.24, 2.45) is 5.92 Å². The van der Waals surface area contributed by atoms with Gasteiger partial charge in [0.1, 0.15) is 11.6 Å². The van der Waals surface area contributed by atoms with Crippen LogP contribution < -0.4 is 29.2 Å². The third-order valence-corrected chi connectivity index (χ3v) is 9.79. The van der Waals surface area contributed by atoms with E-state index in [1.807, 2.05) is 37.3 Å². The van der Waals surface area contributed by atoms with Crippen molar-refractivity contribution in [3.05, 3.63) is 47.0 Å². The summed E-state index contributed by atoms with van der Waals surface area (Å²) in [4.78, 5) is 51.5. The lowest BCUT2D eigenvalue weighted by molar-refractivity contribution is -0.131. The number of rotatable bonds is 5. The Hall–Kier alpha value is -4.74. The minimum atomic E-state index is -0.152. The molecule has 3 aliphatic heterocycles. The van der Waals surface area contributed by atoms with E-state index in [1.165, 1.54) is 0 Å². The second-order valence-electron chi connectivity index (χ2n) is 12.9. The molecule has 3 aliphatic rings. The maximum absolute atomic E-state index is 14.5. The number of aryl methyl sites for hydroxylation is 1. The molecule has 1 aromatic heterocycles. The number of carbonyl (C=O) groups is 3. The van der Waals surface area contributed by atoms with E-state index in [9.17, 15) is 14.4 Å². The van der Waals surface area contributed by atoms with Gasteiger partial charge in [-0.2, -0.15) is 0 Å². The second-order valence-corrected chi connectivity index (χ2v) is 12.9. The third kappa shape index (κ3) is 7.33. The van der Waals surface area contributed by atoms with E-state index in [2.05, 4.69) is 10.2 Å². The van der Waals surface area contributed by atoms with Crippen LogP contribution in [-0.4, -0.2) is 99.7 Å². The lowest BCUT2D eigenvalue weighted by Crippen LogP contribution is -2.42. The summed E-state index contributed by atoms with van der Waals surface area (Å²) in [5.41, 5.74) is 3.10. The van der Waals surface area contributed by atoms with E-state index in [1.54, 1.807) is 31.1 Å². The number of fused-ring (bicyclic) bond motifs is 6. The molecule has 0 aliphatic carbocycles. The number of nitrogens with zero attached hydrogens (tertiary/aromatic N) is 4. The molecular formula is C37H47N5O7. The number of hydrogen-bond acceptors (Lipinski definition) is 9. The van der Waals surface area contributed by atoms with Gasteiger partial charge >= 0.3 is 0 Å². The number of amides is 3. The highest BCUT2D eigenvalue weighted by molar-refractivity contribution is 5.95. The summed E-state index contributed by atoms with van der Waals surface area (Å²) in [6.45, 7) is 5.61. The SMILES string of the molecule is CCC(=O)N1CCC(=O)NCC2CCCN(C2)c2nc3cc(OC)c(OC)c(OC)c3cc2CN(C(=O)c2ccc3c(c2)CCCO3)CC1. The Bertz CT molecular complexity index is 1710. The van der Waals surface area contributed by atoms with E-state index in [4.69, 9.17) is 23.9 Å². The maximum Gasteiger partial charge on any atom is 0.254 e. The van der Waals surface area contributed by atoms with E-state index in [-0.39, 0.29) is 56.2 Å². The molecule has 262 valence electrons. The molecule has 1 saturated heterocycles. The predicted molar refractivity (Wildman–Crippen MR) is 186 cm³/mol. The number of piperidine rings is 1. The molecule has 0 spiro atoms. The average Bonchev–Trinajstić information content (AvgIpc) is 3.14. The highest BCUT2D eigenvalue weighted by Gasteiger charge is 2.29. The molecule has 1 N–H and O–H groups in total. The first-order valence-corrected chi connectivity index (χ1v) is 17.3. The van der Waals surface area contributed by atoms with Gasteiger partial charge in [-0.05, 0) is 61.4 Å². The van der Waals surface area contributed by atoms with Gasteiger partial charge in [0.2, 0.25) is 17.6 Å². The van der Waals surface area contributed by atoms with Crippen LogP contribution in [0, 0.1) is 5.92 Å². The number of pyridine rings is 1. The monoisotopic (exact) mass is 673 g/mol. The third-order valence-electron chi connectivity index (χ3n) is 9.79. The molecular weight excluding hydrogens is 626 g/mol. The molecule has 6 rings (SSSR count). The molecule has 49 heavy (non-hydrogen) atoms. The Morgan fingerprint density at radius 1 is 0.939 bits per heavy atom. The zero-order chi connectivity index (χ0) is 34.5. The van der Waals surface area contributed by atoms with Crippen LogP contribution in [0.25, 0.3) is 10.9 Å². The molecule has 12 heteroatoms. The van der Waals surface area contributed by atoms with Crippen LogP contribution in [0.4, 0.5) is 5.82 Å². The number of benzene rings is 2. The summed E-state index contributed by atoms with van der Waals surface area (Å²) in [6.07, 6.45) is 4.17. The first-order chi connectivity index (χ1) is 23.8. The van der Waals surface area contributed by atoms with E-state index >= 15 is 0 Å². The maximum atomic E-state index is 14.5. The highest BCUT2D eigenvalue weighted by Crippen LogP contribution is 2.44. The molecule has 2 aromatic carbocycles. The molecule has 0 radical (unpaired) electrons. The molecule has 4 heterocycles. The fourth-order valence-corrected chi connectivity index (χ4v) is 7.18. The van der Waals surface area contributed by atoms with Crippen molar-refractivity contribution < 1.29 is 33.3 Å². The fourth-order valence-electron chi connectivity index (χ4n) is 7.18. The molecule has 0 saturated carbocycles. The lowest BCUT2D eigenvalue weighted by Gasteiger charge is -2.36. The predicted octanol–water partition coefficient (Wildman–Crippen LogP) is 4.20. The molecule has 2 bridgehead atoms.